The Kier molecular flexibility index (Phi) is 4.33. The maximum absolute atomic E-state index is 6.42. The van der Waals surface area contributed by atoms with E-state index in [4.69, 9.17) is 23.2 Å². The summed E-state index contributed by atoms with van der Waals surface area (Å²) in [6, 6.07) is 6.41. The van der Waals surface area contributed by atoms with Crippen molar-refractivity contribution in [2.24, 2.45) is 5.92 Å². The summed E-state index contributed by atoms with van der Waals surface area (Å²) in [5, 5.41) is 4.96. The fraction of sp³-hybridized carbons (Fsp3) is 0.600. The zero-order chi connectivity index (χ0) is 13.2. The molecule has 1 saturated heterocycles. The summed E-state index contributed by atoms with van der Waals surface area (Å²) in [5.74, 6) is 0.895. The van der Waals surface area contributed by atoms with E-state index >= 15 is 0 Å². The molecule has 0 spiro atoms. The quantitative estimate of drug-likeness (QED) is 0.911. The Labute approximate surface area is 125 Å². The van der Waals surface area contributed by atoms with Crippen LogP contribution in [0.1, 0.15) is 30.9 Å². The summed E-state index contributed by atoms with van der Waals surface area (Å²) < 4.78 is 0. The molecule has 1 aromatic rings. The number of hydrogen-bond donors (Lipinski definition) is 1. The molecule has 0 aromatic heterocycles. The van der Waals surface area contributed by atoms with Gasteiger partial charge in [-0.3, -0.25) is 4.90 Å². The van der Waals surface area contributed by atoms with E-state index in [0.29, 0.717) is 6.04 Å². The number of benzene rings is 1. The van der Waals surface area contributed by atoms with E-state index in [9.17, 15) is 0 Å². The van der Waals surface area contributed by atoms with Crippen molar-refractivity contribution in [1.82, 2.24) is 10.2 Å². The fourth-order valence-electron chi connectivity index (χ4n) is 2.91. The van der Waals surface area contributed by atoms with Gasteiger partial charge in [-0.2, -0.15) is 0 Å². The minimum atomic E-state index is 0.458. The van der Waals surface area contributed by atoms with Crippen LogP contribution < -0.4 is 5.32 Å². The van der Waals surface area contributed by atoms with Gasteiger partial charge in [0.2, 0.25) is 0 Å². The van der Waals surface area contributed by atoms with Gasteiger partial charge >= 0.3 is 0 Å². The van der Waals surface area contributed by atoms with Crippen LogP contribution in [0.3, 0.4) is 0 Å². The molecule has 0 radical (unpaired) electrons. The van der Waals surface area contributed by atoms with Gasteiger partial charge in [0, 0.05) is 42.3 Å². The van der Waals surface area contributed by atoms with E-state index in [-0.39, 0.29) is 0 Å². The topological polar surface area (TPSA) is 15.3 Å². The predicted molar refractivity (Wildman–Crippen MR) is 81.0 cm³/mol. The first-order valence-corrected chi connectivity index (χ1v) is 7.89. The van der Waals surface area contributed by atoms with Crippen LogP contribution in [0.4, 0.5) is 0 Å². The lowest BCUT2D eigenvalue weighted by molar-refractivity contribution is 0.160. The van der Waals surface area contributed by atoms with Gasteiger partial charge in [-0.1, -0.05) is 42.1 Å². The van der Waals surface area contributed by atoms with Crippen LogP contribution in [0, 0.1) is 5.92 Å². The largest absolute Gasteiger partial charge is 0.314 e. The average molecular weight is 299 g/mol. The molecular weight excluding hydrogens is 279 g/mol. The van der Waals surface area contributed by atoms with Crippen LogP contribution in [-0.4, -0.2) is 31.1 Å². The molecular formula is C15H20Cl2N2. The molecule has 1 atom stereocenters. The summed E-state index contributed by atoms with van der Waals surface area (Å²) in [6.07, 6.45) is 4.00. The average Bonchev–Trinajstić information content (AvgIpc) is 3.22. The Morgan fingerprint density at radius 1 is 1.21 bits per heavy atom. The molecule has 0 unspecified atom stereocenters. The molecule has 0 bridgehead atoms. The van der Waals surface area contributed by atoms with Crippen LogP contribution in [0.25, 0.3) is 0 Å². The zero-order valence-corrected chi connectivity index (χ0v) is 12.6. The Morgan fingerprint density at radius 2 is 1.95 bits per heavy atom. The third kappa shape index (κ3) is 3.43. The van der Waals surface area contributed by atoms with Crippen LogP contribution >= 0.6 is 23.2 Å². The highest BCUT2D eigenvalue weighted by Crippen LogP contribution is 2.42. The zero-order valence-electron chi connectivity index (χ0n) is 11.0. The molecule has 19 heavy (non-hydrogen) atoms. The van der Waals surface area contributed by atoms with E-state index in [0.717, 1.165) is 42.1 Å². The first kappa shape index (κ1) is 13.7. The second-order valence-electron chi connectivity index (χ2n) is 5.65. The van der Waals surface area contributed by atoms with Crippen LogP contribution in [0.15, 0.2) is 18.2 Å². The smallest absolute Gasteiger partial charge is 0.0468 e. The number of nitrogens with one attached hydrogen (secondary N) is 1. The lowest BCUT2D eigenvalue weighted by Crippen LogP contribution is -2.45. The van der Waals surface area contributed by atoms with Crippen molar-refractivity contribution in [2.75, 3.05) is 26.2 Å². The molecule has 1 N–H and O–H groups in total. The van der Waals surface area contributed by atoms with Gasteiger partial charge in [-0.15, -0.1) is 0 Å². The molecule has 1 heterocycles. The molecule has 2 fully saturated rings. The van der Waals surface area contributed by atoms with Gasteiger partial charge in [-0.25, -0.2) is 0 Å². The maximum Gasteiger partial charge on any atom is 0.0468 e. The van der Waals surface area contributed by atoms with Gasteiger partial charge in [-0.05, 0) is 30.0 Å². The Hall–Kier alpha value is -0.280. The maximum atomic E-state index is 6.42. The second kappa shape index (κ2) is 6.01. The molecule has 1 saturated carbocycles. The van der Waals surface area contributed by atoms with Gasteiger partial charge in [0.25, 0.3) is 0 Å². The monoisotopic (exact) mass is 298 g/mol. The summed E-state index contributed by atoms with van der Waals surface area (Å²) in [5.41, 5.74) is 1.25. The SMILES string of the molecule is Clc1ccc([C@H](CC2CC2)N2CCNCC2)c(Cl)c1. The number of rotatable bonds is 4. The normalized spacial score (nSPS) is 22.4. The fourth-order valence-corrected chi connectivity index (χ4v) is 3.44. The molecule has 2 nitrogen and oxygen atoms in total. The van der Waals surface area contributed by atoms with Crippen molar-refractivity contribution in [3.05, 3.63) is 33.8 Å². The van der Waals surface area contributed by atoms with Crippen molar-refractivity contribution >= 4 is 23.2 Å². The van der Waals surface area contributed by atoms with Crippen molar-refractivity contribution in [3.8, 4) is 0 Å². The molecule has 2 aliphatic rings. The number of nitrogens with zero attached hydrogens (tertiary/aromatic N) is 1. The minimum absolute atomic E-state index is 0.458. The molecule has 1 aromatic carbocycles. The molecule has 0 amide bonds. The van der Waals surface area contributed by atoms with Crippen LogP contribution in [0.5, 0.6) is 0 Å². The van der Waals surface area contributed by atoms with E-state index in [1.807, 2.05) is 12.1 Å². The van der Waals surface area contributed by atoms with Gasteiger partial charge in [0.05, 0.1) is 0 Å². The lowest BCUT2D eigenvalue weighted by Gasteiger charge is -2.36. The van der Waals surface area contributed by atoms with Crippen LogP contribution in [-0.2, 0) is 0 Å². The standard InChI is InChI=1S/C15H20Cl2N2/c16-12-3-4-13(14(17)10-12)15(9-11-1-2-11)19-7-5-18-6-8-19/h3-4,10-11,15,18H,1-2,5-9H2/t15-/m0/s1. The summed E-state index contributed by atoms with van der Waals surface area (Å²) in [4.78, 5) is 2.57. The second-order valence-corrected chi connectivity index (χ2v) is 6.49. The third-order valence-electron chi connectivity index (χ3n) is 4.17. The Bertz CT molecular complexity index is 440. The first-order valence-electron chi connectivity index (χ1n) is 7.14. The number of hydrogen-bond acceptors (Lipinski definition) is 2. The van der Waals surface area contributed by atoms with Gasteiger partial charge in [0.15, 0.2) is 0 Å². The first-order chi connectivity index (χ1) is 9.24. The molecule has 4 heteroatoms. The van der Waals surface area contributed by atoms with E-state index in [1.165, 1.54) is 24.8 Å². The summed E-state index contributed by atoms with van der Waals surface area (Å²) in [6.45, 7) is 4.37. The highest BCUT2D eigenvalue weighted by Gasteiger charge is 2.31. The lowest BCUT2D eigenvalue weighted by atomic mass is 9.98. The van der Waals surface area contributed by atoms with E-state index in [2.05, 4.69) is 16.3 Å². The Balaban J connectivity index is 1.83. The number of piperazine rings is 1. The van der Waals surface area contributed by atoms with Crippen molar-refractivity contribution in [2.45, 2.75) is 25.3 Å². The third-order valence-corrected chi connectivity index (χ3v) is 4.73. The van der Waals surface area contributed by atoms with Crippen molar-refractivity contribution in [3.63, 3.8) is 0 Å². The summed E-state index contributed by atoms with van der Waals surface area (Å²) >= 11 is 12.4. The molecule has 3 rings (SSSR count). The Morgan fingerprint density at radius 3 is 2.58 bits per heavy atom. The highest BCUT2D eigenvalue weighted by atomic mass is 35.5. The van der Waals surface area contributed by atoms with Gasteiger partial charge in [0.1, 0.15) is 0 Å². The predicted octanol–water partition coefficient (Wildman–Crippen LogP) is 3.74. The van der Waals surface area contributed by atoms with Gasteiger partial charge < -0.3 is 5.32 Å². The van der Waals surface area contributed by atoms with Crippen molar-refractivity contribution in [1.29, 1.82) is 0 Å². The molecule has 1 aliphatic carbocycles. The van der Waals surface area contributed by atoms with E-state index < -0.39 is 0 Å². The molecule has 104 valence electrons. The highest BCUT2D eigenvalue weighted by molar-refractivity contribution is 6.35. The number of halogens is 2. The summed E-state index contributed by atoms with van der Waals surface area (Å²) in [7, 11) is 0. The van der Waals surface area contributed by atoms with Crippen molar-refractivity contribution < 1.29 is 0 Å². The van der Waals surface area contributed by atoms with E-state index in [1.54, 1.807) is 0 Å². The van der Waals surface area contributed by atoms with Crippen LogP contribution in [0.2, 0.25) is 10.0 Å². The molecule has 1 aliphatic heterocycles. The minimum Gasteiger partial charge on any atom is -0.314 e.